The van der Waals surface area contributed by atoms with Crippen LogP contribution in [0.5, 0.6) is 0 Å². The maximum Gasteiger partial charge on any atom is 0.317 e. The summed E-state index contributed by atoms with van der Waals surface area (Å²) in [6, 6.07) is 0.304. The lowest BCUT2D eigenvalue weighted by Crippen LogP contribution is -3.05. The van der Waals surface area contributed by atoms with Crippen LogP contribution in [-0.2, 0) is 4.79 Å². The van der Waals surface area contributed by atoms with Crippen molar-refractivity contribution in [1.82, 2.24) is 0 Å². The van der Waals surface area contributed by atoms with Crippen LogP contribution in [0.15, 0.2) is 12.2 Å². The first-order valence-electron chi connectivity index (χ1n) is 4.10. The van der Waals surface area contributed by atoms with Crippen LogP contribution < -0.4 is 15.4 Å². The molecule has 12 heavy (non-hydrogen) atoms. The molecule has 0 unspecified atom stereocenters. The van der Waals surface area contributed by atoms with Gasteiger partial charge in [0.2, 0.25) is 5.71 Å². The third-order valence-corrected chi connectivity index (χ3v) is 2.36. The molecule has 0 bridgehead atoms. The molecule has 0 spiro atoms. The number of nitrogens with one attached hydrogen (secondary N) is 1. The fraction of sp³-hybridized carbons (Fsp3) is 0.500. The summed E-state index contributed by atoms with van der Waals surface area (Å²) in [6.45, 7) is 0. The van der Waals surface area contributed by atoms with Crippen LogP contribution in [0.4, 0.5) is 0 Å². The molecule has 0 aromatic rings. The van der Waals surface area contributed by atoms with Gasteiger partial charge in [0, 0.05) is 6.42 Å². The molecule has 1 aliphatic heterocycles. The predicted octanol–water partition coefficient (Wildman–Crippen LogP) is -4.12. The van der Waals surface area contributed by atoms with Gasteiger partial charge >= 0.3 is 6.17 Å². The summed E-state index contributed by atoms with van der Waals surface area (Å²) >= 11 is 0. The summed E-state index contributed by atoms with van der Waals surface area (Å²) in [7, 11) is 0. The van der Waals surface area contributed by atoms with E-state index in [0.29, 0.717) is 6.04 Å². The number of aliphatic carboxylic acids is 1. The van der Waals surface area contributed by atoms with E-state index in [4.69, 9.17) is 0 Å². The third-order valence-electron chi connectivity index (χ3n) is 2.36. The van der Waals surface area contributed by atoms with Gasteiger partial charge in [-0.1, -0.05) is 12.2 Å². The average molecular weight is 167 g/mol. The van der Waals surface area contributed by atoms with E-state index in [1.54, 1.807) is 0 Å². The summed E-state index contributed by atoms with van der Waals surface area (Å²) in [4.78, 5) is 13.4. The summed E-state index contributed by atoms with van der Waals surface area (Å²) < 4.78 is 0. The van der Waals surface area contributed by atoms with Gasteiger partial charge in [-0.25, -0.2) is 0 Å². The number of allylic oxidation sites excluding steroid dienone is 1. The molecule has 3 N–H and O–H groups in total. The van der Waals surface area contributed by atoms with Crippen molar-refractivity contribution in [1.29, 1.82) is 0 Å². The Morgan fingerprint density at radius 3 is 3.17 bits per heavy atom. The number of carbonyl (C=O) groups excluding carboxylic acids is 1. The second-order valence-corrected chi connectivity index (χ2v) is 3.18. The summed E-state index contributed by atoms with van der Waals surface area (Å²) in [5, 5.41) is 12.3. The molecular formula is C8H11N2O2+. The van der Waals surface area contributed by atoms with Gasteiger partial charge in [-0.3, -0.25) is 5.32 Å². The maximum atomic E-state index is 10.5. The zero-order chi connectivity index (χ0) is 8.55. The Balaban J connectivity index is 2.14. The van der Waals surface area contributed by atoms with E-state index in [1.165, 1.54) is 0 Å². The van der Waals surface area contributed by atoms with Crippen molar-refractivity contribution in [2.24, 2.45) is 0 Å². The second kappa shape index (κ2) is 2.71. The quantitative estimate of drug-likeness (QED) is 0.389. The molecule has 0 aromatic heterocycles. The van der Waals surface area contributed by atoms with Crippen molar-refractivity contribution in [2.75, 3.05) is 0 Å². The first-order chi connectivity index (χ1) is 5.77. The van der Waals surface area contributed by atoms with Crippen LogP contribution in [-0.4, -0.2) is 23.9 Å². The minimum atomic E-state index is -1.03. The Kier molecular flexibility index (Phi) is 1.69. The van der Waals surface area contributed by atoms with Gasteiger partial charge in [0.1, 0.15) is 0 Å². The van der Waals surface area contributed by atoms with Crippen LogP contribution in [0.2, 0.25) is 0 Å². The Bertz CT molecular complexity index is 270. The van der Waals surface area contributed by atoms with Crippen molar-refractivity contribution in [3.63, 3.8) is 0 Å². The maximum absolute atomic E-state index is 10.5. The molecule has 0 saturated carbocycles. The molecule has 1 aliphatic carbocycles. The smallest absolute Gasteiger partial charge is 0.317 e. The second-order valence-electron chi connectivity index (χ2n) is 3.18. The number of quaternary nitrogens is 1. The summed E-state index contributed by atoms with van der Waals surface area (Å²) in [5.74, 6) is -1.03. The van der Waals surface area contributed by atoms with E-state index in [1.807, 2.05) is 5.32 Å². The Morgan fingerprint density at radius 2 is 2.50 bits per heavy atom. The minimum absolute atomic E-state index is 0.304. The monoisotopic (exact) mass is 167 g/mol. The fourth-order valence-electron chi connectivity index (χ4n) is 1.73. The molecule has 4 heteroatoms. The molecule has 0 aromatic carbocycles. The van der Waals surface area contributed by atoms with E-state index < -0.39 is 12.1 Å². The SMILES string of the molecule is O=C([O-])[C@H]1[NH+]=C2CC=CC[C@@H]2[NH2+]1. The zero-order valence-corrected chi connectivity index (χ0v) is 6.62. The molecule has 2 atom stereocenters. The molecule has 4 nitrogen and oxygen atoms in total. The first kappa shape index (κ1) is 7.49. The Hall–Kier alpha value is -1.16. The van der Waals surface area contributed by atoms with Crippen molar-refractivity contribution < 1.29 is 20.2 Å². The van der Waals surface area contributed by atoms with Gasteiger partial charge in [0.25, 0.3) is 0 Å². The van der Waals surface area contributed by atoms with Crippen LogP contribution in [0.1, 0.15) is 12.8 Å². The van der Waals surface area contributed by atoms with Crippen molar-refractivity contribution in [3.05, 3.63) is 12.2 Å². The number of nitrogens with two attached hydrogens (primary N) is 1. The molecule has 2 aliphatic rings. The Labute approximate surface area is 70.0 Å². The topological polar surface area (TPSA) is 70.7 Å². The van der Waals surface area contributed by atoms with Crippen LogP contribution in [0.3, 0.4) is 0 Å². The molecule has 2 rings (SSSR count). The molecule has 0 fully saturated rings. The largest absolute Gasteiger partial charge is 0.539 e. The summed E-state index contributed by atoms with van der Waals surface area (Å²) in [5.41, 5.74) is 1.12. The van der Waals surface area contributed by atoms with Gasteiger partial charge in [-0.15, -0.1) is 0 Å². The highest BCUT2D eigenvalue weighted by Gasteiger charge is 2.38. The van der Waals surface area contributed by atoms with Gasteiger partial charge < -0.3 is 9.90 Å². The highest BCUT2D eigenvalue weighted by atomic mass is 16.4. The van der Waals surface area contributed by atoms with Crippen molar-refractivity contribution in [2.45, 2.75) is 25.0 Å². The lowest BCUT2D eigenvalue weighted by atomic mass is 10.0. The minimum Gasteiger partial charge on any atom is -0.539 e. The molecule has 1 heterocycles. The van der Waals surface area contributed by atoms with E-state index in [9.17, 15) is 9.90 Å². The first-order valence-corrected chi connectivity index (χ1v) is 4.10. The molecule has 0 saturated heterocycles. The zero-order valence-electron chi connectivity index (χ0n) is 6.62. The lowest BCUT2D eigenvalue weighted by molar-refractivity contribution is -0.804. The van der Waals surface area contributed by atoms with Crippen LogP contribution >= 0.6 is 0 Å². The van der Waals surface area contributed by atoms with Gasteiger partial charge in [0.05, 0.1) is 6.42 Å². The Morgan fingerprint density at radius 1 is 1.67 bits per heavy atom. The number of rotatable bonds is 1. The standard InChI is InChI=1S/C8H10N2O2/c11-8(12)7-9-5-3-1-2-4-6(5)10-7/h1-2,5,7,9H,3-4H2,(H,11,12)/p+1/t5-,7+/m0/s1. The van der Waals surface area contributed by atoms with Crippen LogP contribution in [0, 0.1) is 0 Å². The van der Waals surface area contributed by atoms with Crippen molar-refractivity contribution >= 4 is 11.7 Å². The van der Waals surface area contributed by atoms with Gasteiger partial charge in [-0.2, -0.15) is 4.99 Å². The number of hydrogen-bond acceptors (Lipinski definition) is 2. The number of hydrogen-bond donors (Lipinski definition) is 2. The van der Waals surface area contributed by atoms with E-state index >= 15 is 0 Å². The highest BCUT2D eigenvalue weighted by Crippen LogP contribution is 2.03. The van der Waals surface area contributed by atoms with E-state index in [2.05, 4.69) is 17.1 Å². The number of fused-ring (bicyclic) bond motifs is 1. The van der Waals surface area contributed by atoms with E-state index in [-0.39, 0.29) is 0 Å². The number of carboxylic acid groups (broad SMARTS) is 1. The van der Waals surface area contributed by atoms with Gasteiger partial charge in [0.15, 0.2) is 12.0 Å². The molecule has 0 amide bonds. The lowest BCUT2D eigenvalue weighted by Gasteiger charge is -2.07. The molecule has 0 radical (unpaired) electrons. The summed E-state index contributed by atoms with van der Waals surface area (Å²) in [6.07, 6.45) is 5.34. The predicted molar refractivity (Wildman–Crippen MR) is 38.9 cm³/mol. The number of carbonyl (C=O) groups is 1. The molecular weight excluding hydrogens is 156 g/mol. The average Bonchev–Trinajstić information content (AvgIpc) is 2.46. The van der Waals surface area contributed by atoms with Crippen LogP contribution in [0.25, 0.3) is 0 Å². The molecule has 64 valence electrons. The fourth-order valence-corrected chi connectivity index (χ4v) is 1.73. The third kappa shape index (κ3) is 1.14. The van der Waals surface area contributed by atoms with Gasteiger partial charge in [-0.05, 0) is 0 Å². The number of carboxylic acids is 1. The normalized spacial score (nSPS) is 32.8. The highest BCUT2D eigenvalue weighted by molar-refractivity contribution is 5.87. The van der Waals surface area contributed by atoms with E-state index in [0.717, 1.165) is 18.6 Å². The van der Waals surface area contributed by atoms with Crippen molar-refractivity contribution in [3.8, 4) is 0 Å².